The van der Waals surface area contributed by atoms with Crippen LogP contribution >= 0.6 is 0 Å². The van der Waals surface area contributed by atoms with Crippen molar-refractivity contribution in [2.45, 2.75) is 13.8 Å². The van der Waals surface area contributed by atoms with Gasteiger partial charge < -0.3 is 15.3 Å². The number of terminal acetylenes is 1. The maximum atomic E-state index is 11.4. The number of urea groups is 1. The lowest BCUT2D eigenvalue weighted by molar-refractivity contribution is -0.140. The van der Waals surface area contributed by atoms with E-state index in [1.54, 1.807) is 6.92 Å². The van der Waals surface area contributed by atoms with E-state index in [9.17, 15) is 9.59 Å². The first kappa shape index (κ1) is 13.3. The molecule has 0 aliphatic rings. The third-order valence-electron chi connectivity index (χ3n) is 1.93. The number of carboxylic acid groups (broad SMARTS) is 1. The van der Waals surface area contributed by atoms with Crippen molar-refractivity contribution < 1.29 is 14.7 Å². The van der Waals surface area contributed by atoms with Crippen molar-refractivity contribution in [1.82, 2.24) is 10.2 Å². The fraction of sp³-hybridized carbons (Fsp3) is 0.600. The molecule has 1 atom stereocenters. The molecule has 0 bridgehead atoms. The first-order valence-electron chi connectivity index (χ1n) is 4.72. The fourth-order valence-electron chi connectivity index (χ4n) is 0.877. The van der Waals surface area contributed by atoms with Crippen LogP contribution < -0.4 is 5.32 Å². The number of nitrogens with zero attached hydrogens (tertiary/aromatic N) is 1. The maximum Gasteiger partial charge on any atom is 0.318 e. The third-order valence-corrected chi connectivity index (χ3v) is 1.93. The Hall–Kier alpha value is -1.70. The largest absolute Gasteiger partial charge is 0.481 e. The quantitative estimate of drug-likeness (QED) is 0.647. The minimum absolute atomic E-state index is 0.106. The summed E-state index contributed by atoms with van der Waals surface area (Å²) >= 11 is 0. The molecule has 5 heteroatoms. The van der Waals surface area contributed by atoms with Crippen LogP contribution in [0.4, 0.5) is 4.79 Å². The molecular weight excluding hydrogens is 196 g/mol. The number of rotatable bonds is 5. The predicted octanol–water partition coefficient (Wildman–Crippen LogP) is 0.372. The van der Waals surface area contributed by atoms with E-state index in [1.807, 2.05) is 0 Å². The SMILES string of the molecule is C#CCN(CC)C(=O)NCC(C)C(=O)O. The van der Waals surface area contributed by atoms with Crippen LogP contribution in [0.25, 0.3) is 0 Å². The lowest BCUT2D eigenvalue weighted by atomic mass is 10.2. The summed E-state index contributed by atoms with van der Waals surface area (Å²) in [5.41, 5.74) is 0. The normalized spacial score (nSPS) is 11.3. The second-order valence-corrected chi connectivity index (χ2v) is 3.14. The molecule has 0 saturated carbocycles. The smallest absolute Gasteiger partial charge is 0.318 e. The van der Waals surface area contributed by atoms with Gasteiger partial charge in [0.1, 0.15) is 0 Å². The van der Waals surface area contributed by atoms with Gasteiger partial charge in [0.05, 0.1) is 12.5 Å². The Kier molecular flexibility index (Phi) is 5.95. The third kappa shape index (κ3) is 4.91. The summed E-state index contributed by atoms with van der Waals surface area (Å²) in [6, 6.07) is -0.330. The highest BCUT2D eigenvalue weighted by Gasteiger charge is 2.14. The number of hydrogen-bond donors (Lipinski definition) is 2. The van der Waals surface area contributed by atoms with Gasteiger partial charge in [-0.3, -0.25) is 4.79 Å². The molecule has 0 rings (SSSR count). The zero-order valence-corrected chi connectivity index (χ0v) is 8.99. The van der Waals surface area contributed by atoms with Crippen molar-refractivity contribution in [2.75, 3.05) is 19.6 Å². The Morgan fingerprint density at radius 3 is 2.60 bits per heavy atom. The van der Waals surface area contributed by atoms with Gasteiger partial charge in [0.2, 0.25) is 0 Å². The zero-order chi connectivity index (χ0) is 11.8. The second kappa shape index (κ2) is 6.71. The fourth-order valence-corrected chi connectivity index (χ4v) is 0.877. The van der Waals surface area contributed by atoms with Crippen LogP contribution in [0.1, 0.15) is 13.8 Å². The van der Waals surface area contributed by atoms with Crippen molar-refractivity contribution in [3.63, 3.8) is 0 Å². The summed E-state index contributed by atoms with van der Waals surface area (Å²) in [5.74, 6) is 0.825. The van der Waals surface area contributed by atoms with Gasteiger partial charge in [-0.25, -0.2) is 4.79 Å². The van der Waals surface area contributed by atoms with Gasteiger partial charge in [0.15, 0.2) is 0 Å². The van der Waals surface area contributed by atoms with Crippen LogP contribution in [0.3, 0.4) is 0 Å². The average molecular weight is 212 g/mol. The van der Waals surface area contributed by atoms with Gasteiger partial charge in [0, 0.05) is 13.1 Å². The summed E-state index contributed by atoms with van der Waals surface area (Å²) in [5, 5.41) is 11.1. The number of carboxylic acids is 1. The molecule has 0 spiro atoms. The van der Waals surface area contributed by atoms with Gasteiger partial charge in [-0.05, 0) is 6.92 Å². The Labute approximate surface area is 89.4 Å². The topological polar surface area (TPSA) is 69.6 Å². The van der Waals surface area contributed by atoms with E-state index in [4.69, 9.17) is 11.5 Å². The number of aliphatic carboxylic acids is 1. The van der Waals surface area contributed by atoms with E-state index in [0.717, 1.165) is 0 Å². The minimum Gasteiger partial charge on any atom is -0.481 e. The van der Waals surface area contributed by atoms with Crippen LogP contribution in [0.2, 0.25) is 0 Å². The highest BCUT2D eigenvalue weighted by Crippen LogP contribution is 1.93. The second-order valence-electron chi connectivity index (χ2n) is 3.14. The summed E-state index contributed by atoms with van der Waals surface area (Å²) < 4.78 is 0. The number of carbonyl (C=O) groups is 2. The molecule has 2 N–H and O–H groups in total. The Balaban J connectivity index is 4.02. The predicted molar refractivity (Wildman–Crippen MR) is 56.3 cm³/mol. The maximum absolute atomic E-state index is 11.4. The molecule has 0 aromatic carbocycles. The summed E-state index contributed by atoms with van der Waals surface area (Å²) in [7, 11) is 0. The molecule has 84 valence electrons. The van der Waals surface area contributed by atoms with Crippen molar-refractivity contribution in [3.8, 4) is 12.3 Å². The molecule has 0 radical (unpaired) electrons. The number of hydrogen-bond acceptors (Lipinski definition) is 2. The first-order valence-corrected chi connectivity index (χ1v) is 4.72. The molecule has 0 aliphatic heterocycles. The molecule has 1 unspecified atom stereocenters. The monoisotopic (exact) mass is 212 g/mol. The standard InChI is InChI=1S/C10H16N2O3/c1-4-6-12(5-2)10(15)11-7-8(3)9(13)14/h1,8H,5-7H2,2-3H3,(H,11,15)(H,13,14). The van der Waals surface area contributed by atoms with Crippen LogP contribution in [-0.2, 0) is 4.79 Å². The van der Waals surface area contributed by atoms with E-state index >= 15 is 0 Å². The first-order chi connectivity index (χ1) is 7.02. The molecule has 15 heavy (non-hydrogen) atoms. The highest BCUT2D eigenvalue weighted by molar-refractivity contribution is 5.76. The number of carbonyl (C=O) groups excluding carboxylic acids is 1. The zero-order valence-electron chi connectivity index (χ0n) is 8.99. The van der Waals surface area contributed by atoms with Gasteiger partial charge in [0.25, 0.3) is 0 Å². The molecule has 0 aliphatic carbocycles. The molecule has 5 nitrogen and oxygen atoms in total. The van der Waals surface area contributed by atoms with E-state index in [1.165, 1.54) is 11.8 Å². The minimum atomic E-state index is -0.935. The van der Waals surface area contributed by atoms with E-state index in [2.05, 4.69) is 11.2 Å². The number of nitrogens with one attached hydrogen (secondary N) is 1. The molecule has 0 saturated heterocycles. The van der Waals surface area contributed by atoms with Crippen LogP contribution in [-0.4, -0.2) is 41.6 Å². The Bertz CT molecular complexity index is 270. The van der Waals surface area contributed by atoms with Crippen LogP contribution in [0.5, 0.6) is 0 Å². The molecule has 0 aromatic rings. The van der Waals surface area contributed by atoms with E-state index < -0.39 is 11.9 Å². The van der Waals surface area contributed by atoms with Crippen LogP contribution in [0, 0.1) is 18.3 Å². The summed E-state index contributed by atoms with van der Waals surface area (Å²) in [6.07, 6.45) is 5.08. The van der Waals surface area contributed by atoms with Gasteiger partial charge in [-0.2, -0.15) is 0 Å². The lowest BCUT2D eigenvalue weighted by Crippen LogP contribution is -2.42. The summed E-state index contributed by atoms with van der Waals surface area (Å²) in [4.78, 5) is 23.3. The van der Waals surface area contributed by atoms with Crippen molar-refractivity contribution in [1.29, 1.82) is 0 Å². The van der Waals surface area contributed by atoms with E-state index in [-0.39, 0.29) is 19.1 Å². The van der Waals surface area contributed by atoms with E-state index in [0.29, 0.717) is 6.54 Å². The number of amides is 2. The van der Waals surface area contributed by atoms with Crippen LogP contribution in [0.15, 0.2) is 0 Å². The van der Waals surface area contributed by atoms with Gasteiger partial charge in [-0.1, -0.05) is 12.8 Å². The van der Waals surface area contributed by atoms with Gasteiger partial charge >= 0.3 is 12.0 Å². The lowest BCUT2D eigenvalue weighted by Gasteiger charge is -2.19. The molecule has 0 aromatic heterocycles. The van der Waals surface area contributed by atoms with Crippen molar-refractivity contribution in [3.05, 3.63) is 0 Å². The Morgan fingerprint density at radius 2 is 2.20 bits per heavy atom. The Morgan fingerprint density at radius 1 is 1.60 bits per heavy atom. The van der Waals surface area contributed by atoms with Gasteiger partial charge in [-0.15, -0.1) is 6.42 Å². The van der Waals surface area contributed by atoms with Crippen molar-refractivity contribution in [2.24, 2.45) is 5.92 Å². The molecule has 0 heterocycles. The molecule has 2 amide bonds. The van der Waals surface area contributed by atoms with Crippen molar-refractivity contribution >= 4 is 12.0 Å². The molecule has 0 fully saturated rings. The summed E-state index contributed by atoms with van der Waals surface area (Å²) in [6.45, 7) is 4.16. The average Bonchev–Trinajstić information content (AvgIpc) is 2.21. The highest BCUT2D eigenvalue weighted by atomic mass is 16.4. The molecular formula is C10H16N2O3.